The Hall–Kier alpha value is -8.04. The second kappa shape index (κ2) is 54.0. The van der Waals surface area contributed by atoms with E-state index in [2.05, 4.69) is 45.0 Å². The van der Waals surface area contributed by atoms with Gasteiger partial charge in [-0.2, -0.15) is 0 Å². The fraction of sp³-hybridized carbons (Fsp3) is 0.314. The summed E-state index contributed by atoms with van der Waals surface area (Å²) in [6, 6.07) is 53.1. The van der Waals surface area contributed by atoms with Gasteiger partial charge in [0.2, 0.25) is 0 Å². The number of hydrogen-bond acceptors (Lipinski definition) is 10. The summed E-state index contributed by atoms with van der Waals surface area (Å²) in [5.41, 5.74) is 18.7. The van der Waals surface area contributed by atoms with Gasteiger partial charge in [0, 0.05) is 56.7 Å². The molecule has 2 atom stereocenters. The molecule has 0 fully saturated rings. The Bertz CT molecular complexity index is 5200. The molecule has 1 aliphatic carbocycles. The summed E-state index contributed by atoms with van der Waals surface area (Å²) in [5, 5.41) is 102. The van der Waals surface area contributed by atoms with Crippen LogP contribution >= 0.6 is 116 Å². The van der Waals surface area contributed by atoms with Gasteiger partial charge in [-0.25, -0.2) is 0 Å². The molecule has 20 heteroatoms. The van der Waals surface area contributed by atoms with E-state index in [9.17, 15) is 40.9 Å². The molecule has 11 aromatic rings. The van der Waals surface area contributed by atoms with Gasteiger partial charge in [-0.05, 0) is 373 Å². The van der Waals surface area contributed by atoms with Crippen molar-refractivity contribution in [2.24, 2.45) is 0 Å². The van der Waals surface area contributed by atoms with Crippen molar-refractivity contribution < 1.29 is 51.1 Å². The van der Waals surface area contributed by atoms with Crippen molar-refractivity contribution in [2.75, 3.05) is 0 Å². The van der Waals surface area contributed by atoms with E-state index in [1.54, 1.807) is 104 Å². The van der Waals surface area contributed by atoms with Crippen LogP contribution in [0.5, 0.6) is 51.7 Å². The third-order valence-corrected chi connectivity index (χ3v) is 24.2. The number of phenols is 9. The molecular weight excluding hydrogens is 1740 g/mol. The van der Waals surface area contributed by atoms with Crippen LogP contribution in [0.4, 0.5) is 0 Å². The predicted molar refractivity (Wildman–Crippen MR) is 522 cm³/mol. The number of aliphatic hydroxyl groups is 1. The molecule has 0 heterocycles. The zero-order valence-electron chi connectivity index (χ0n) is 73.4. The lowest BCUT2D eigenvalue weighted by Crippen LogP contribution is -2.23. The van der Waals surface area contributed by atoms with Gasteiger partial charge in [0.25, 0.3) is 0 Å². The summed E-state index contributed by atoms with van der Waals surface area (Å²) in [5.74, 6) is 3.62. The van der Waals surface area contributed by atoms with Gasteiger partial charge in [0.1, 0.15) is 51.7 Å². The second-order valence-corrected chi connectivity index (χ2v) is 34.6. The summed E-state index contributed by atoms with van der Waals surface area (Å²) in [7, 11) is 0. The Labute approximate surface area is 775 Å². The van der Waals surface area contributed by atoms with Crippen molar-refractivity contribution in [2.45, 2.75) is 213 Å². The van der Waals surface area contributed by atoms with Crippen LogP contribution in [0, 0.1) is 69.2 Å². The van der Waals surface area contributed by atoms with Crippen molar-refractivity contribution in [3.05, 3.63) is 350 Å². The minimum Gasteiger partial charge on any atom is -0.508 e. The van der Waals surface area contributed by atoms with Crippen LogP contribution in [0.3, 0.4) is 0 Å². The number of allylic oxidation sites excluding steroid dienone is 2. The first-order valence-electron chi connectivity index (χ1n) is 40.3. The van der Waals surface area contributed by atoms with Crippen LogP contribution in [0.2, 0.25) is 45.2 Å². The largest absolute Gasteiger partial charge is 0.508 e. The Morgan fingerprint density at radius 1 is 0.344 bits per heavy atom. The van der Waals surface area contributed by atoms with Crippen LogP contribution < -0.4 is 0 Å². The van der Waals surface area contributed by atoms with Crippen LogP contribution in [0.1, 0.15) is 199 Å². The molecule has 12 rings (SSSR count). The van der Waals surface area contributed by atoms with Gasteiger partial charge in [-0.1, -0.05) is 243 Å². The molecule has 0 radical (unpaired) electrons. The monoisotopic (exact) mass is 1850 g/mol. The highest BCUT2D eigenvalue weighted by Gasteiger charge is 2.22. The number of aryl methyl sites for hydroxylation is 13. The highest BCUT2D eigenvalue weighted by Crippen LogP contribution is 2.37. The van der Waals surface area contributed by atoms with E-state index in [0.717, 1.165) is 193 Å². The third-order valence-electron chi connectivity index (χ3n) is 19.9. The first kappa shape index (κ1) is 108. The molecule has 0 aliphatic heterocycles. The molecule has 10 N–H and O–H groups in total. The standard InChI is InChI=1S/C15H15ClO.C14H13ClO.C11H15ClO.3C10H13ClO.C9H11ClO.C8H9ClO.C8H11ClO.C7H7ClO/c1-11-13(15(17)10-9-14(11)16)8-7-12-5-3-2-4-6-12;15-13-8-9-14(16)12(10-13)7-6-11-4-2-1-3-5-11;1-4-7(2)9-6-10(12)8(3)5-11(9)13;1-6(2)8-5-9(11)7(3)4-10(8)12;1-4-8-7(3)10(11)6(2)5-9(8)12;1-3-4-8-6-9(11)7(2)5-10(8)12;1-3-7-5-8(10)6(2)4-9(7)11;1-5-3-7(10)4-6(2)8(5)9;1-6-5-8(2,10)4-3-7(6)9;1-5-4-6(9)2-3-7(5)8/h2-6,9-10,17H,7-8H2,1H3;1-5,8-10,16H,6-7H2;5-7,13H,4H2,1-3H3;4-6,12H,1-3H3;5,12H,4H2,1-3H3;5-6,12H,3-4H2,1-2H3;4-5,11H,3H2,1-2H3;3-4,10H,1-2H3;3-4,10H,5H2,1-2H3;2-4,9H,1H3. The number of rotatable bonds is 13. The zero-order chi connectivity index (χ0) is 92.2. The molecule has 658 valence electrons. The van der Waals surface area contributed by atoms with E-state index in [1.165, 1.54) is 11.1 Å². The molecule has 10 nitrogen and oxygen atoms in total. The Kier molecular flexibility index (Phi) is 47.8. The van der Waals surface area contributed by atoms with Gasteiger partial charge >= 0.3 is 0 Å². The molecule has 0 saturated carbocycles. The van der Waals surface area contributed by atoms with E-state index >= 15 is 0 Å². The minimum atomic E-state index is -0.692. The Balaban J connectivity index is 0.000000352. The van der Waals surface area contributed by atoms with Crippen molar-refractivity contribution in [1.29, 1.82) is 0 Å². The van der Waals surface area contributed by atoms with E-state index in [4.69, 9.17) is 126 Å². The van der Waals surface area contributed by atoms with Gasteiger partial charge < -0.3 is 51.1 Å². The molecule has 2 unspecified atom stereocenters. The Morgan fingerprint density at radius 3 is 1.24 bits per heavy atom. The lowest BCUT2D eigenvalue weighted by atomic mass is 9.93. The molecular formula is C102H120Cl10O10. The van der Waals surface area contributed by atoms with Crippen molar-refractivity contribution in [3.8, 4) is 51.7 Å². The second-order valence-electron chi connectivity index (χ2n) is 30.6. The molecule has 0 amide bonds. The maximum absolute atomic E-state index is 9.84. The maximum Gasteiger partial charge on any atom is 0.119 e. The number of benzene rings is 11. The molecule has 122 heavy (non-hydrogen) atoms. The van der Waals surface area contributed by atoms with Crippen molar-refractivity contribution >= 4 is 116 Å². The zero-order valence-corrected chi connectivity index (χ0v) is 80.9. The van der Waals surface area contributed by atoms with Crippen LogP contribution in [0.25, 0.3) is 0 Å². The minimum absolute atomic E-state index is 0.261. The highest BCUT2D eigenvalue weighted by molar-refractivity contribution is 6.34. The number of halogens is 10. The Morgan fingerprint density at radius 2 is 0.770 bits per heavy atom. The molecule has 11 aromatic carbocycles. The summed E-state index contributed by atoms with van der Waals surface area (Å²) < 4.78 is 0. The van der Waals surface area contributed by atoms with Crippen LogP contribution in [0.15, 0.2) is 199 Å². The maximum atomic E-state index is 9.84. The molecule has 0 saturated heterocycles. The highest BCUT2D eigenvalue weighted by atomic mass is 35.5. The SMILES string of the molecule is CC1=C(Cl)C=CC(C)(O)C1.CCC(C)c1cc(Cl)c(C)cc1O.CCCc1cc(Cl)c(C)cc1O.CCc1c(O)cc(C)c(Cl)c1C.CCc1cc(Cl)c(C)cc1O.Cc1c(Cl)ccc(O)c1CCc1ccccc1.Cc1cc(O)c(C(C)C)cc1Cl.Cc1cc(O)cc(C)c1Cl.Cc1cc(O)ccc1Cl.Oc1ccc(Cl)cc1CCc1ccccc1. The first-order valence-corrected chi connectivity index (χ1v) is 44.1. The van der Waals surface area contributed by atoms with Crippen LogP contribution in [-0.4, -0.2) is 56.7 Å². The predicted octanol–water partition coefficient (Wildman–Crippen LogP) is 32.0. The number of hydrogen-bond donors (Lipinski definition) is 10. The van der Waals surface area contributed by atoms with E-state index in [1.807, 2.05) is 171 Å². The molecule has 0 aromatic heterocycles. The smallest absolute Gasteiger partial charge is 0.119 e. The number of aromatic hydroxyl groups is 9. The van der Waals surface area contributed by atoms with E-state index in [0.29, 0.717) is 73.6 Å². The molecule has 0 spiro atoms. The van der Waals surface area contributed by atoms with Crippen molar-refractivity contribution in [3.63, 3.8) is 0 Å². The van der Waals surface area contributed by atoms with Crippen molar-refractivity contribution in [1.82, 2.24) is 0 Å². The summed E-state index contributed by atoms with van der Waals surface area (Å²) in [4.78, 5) is 0. The fourth-order valence-electron chi connectivity index (χ4n) is 12.3. The van der Waals surface area contributed by atoms with Gasteiger partial charge in [0.15, 0.2) is 0 Å². The summed E-state index contributed by atoms with van der Waals surface area (Å²) in [6.07, 6.45) is 12.1. The van der Waals surface area contributed by atoms with Gasteiger partial charge in [-0.15, -0.1) is 0 Å². The average molecular weight is 1860 g/mol. The topological polar surface area (TPSA) is 202 Å². The molecule has 0 bridgehead atoms. The lowest BCUT2D eigenvalue weighted by molar-refractivity contribution is 0.110. The summed E-state index contributed by atoms with van der Waals surface area (Å²) in [6.45, 7) is 36.9. The van der Waals surface area contributed by atoms with E-state index < -0.39 is 5.60 Å². The lowest BCUT2D eigenvalue weighted by Gasteiger charge is -2.23. The fourth-order valence-corrected chi connectivity index (χ4v) is 13.9. The third kappa shape index (κ3) is 37.0. The van der Waals surface area contributed by atoms with Crippen LogP contribution in [-0.2, 0) is 44.9 Å². The van der Waals surface area contributed by atoms with Gasteiger partial charge in [0.05, 0.1) is 5.60 Å². The first-order chi connectivity index (χ1) is 57.2. The average Bonchev–Trinajstić information content (AvgIpc) is 0.825. The molecule has 1 aliphatic rings. The van der Waals surface area contributed by atoms with Gasteiger partial charge in [-0.3, -0.25) is 0 Å². The normalized spacial score (nSPS) is 12.4. The summed E-state index contributed by atoms with van der Waals surface area (Å²) >= 11 is 58.9. The quantitative estimate of drug-likeness (QED) is 0.0529. The number of phenolic OH excluding ortho intramolecular Hbond substituents is 9. The van der Waals surface area contributed by atoms with E-state index in [-0.39, 0.29) is 11.5 Å².